The number of aryl methyl sites for hydroxylation is 1. The SMILES string of the molecule is Cc1cc(N2CCC(C)CC2)nc(NC(=S)NCc2ccc(N3CCCC3)cc2)n1. The van der Waals surface area contributed by atoms with Crippen molar-refractivity contribution in [3.8, 4) is 0 Å². The Morgan fingerprint density at radius 3 is 2.43 bits per heavy atom. The normalized spacial score (nSPS) is 17.3. The number of hydrogen-bond acceptors (Lipinski definition) is 5. The predicted molar refractivity (Wildman–Crippen MR) is 128 cm³/mol. The molecule has 0 bridgehead atoms. The Morgan fingerprint density at radius 2 is 1.73 bits per heavy atom. The fraction of sp³-hybridized carbons (Fsp3) is 0.522. The number of nitrogens with zero attached hydrogens (tertiary/aromatic N) is 4. The Kier molecular flexibility index (Phi) is 6.67. The molecule has 2 saturated heterocycles. The molecule has 30 heavy (non-hydrogen) atoms. The van der Waals surface area contributed by atoms with Gasteiger partial charge in [0.25, 0.3) is 0 Å². The molecule has 6 nitrogen and oxygen atoms in total. The molecule has 160 valence electrons. The maximum Gasteiger partial charge on any atom is 0.231 e. The minimum absolute atomic E-state index is 0.544. The summed E-state index contributed by atoms with van der Waals surface area (Å²) in [5, 5.41) is 6.98. The zero-order chi connectivity index (χ0) is 20.9. The Morgan fingerprint density at radius 1 is 1.03 bits per heavy atom. The van der Waals surface area contributed by atoms with Crippen molar-refractivity contribution in [1.29, 1.82) is 0 Å². The third-order valence-corrected chi connectivity index (χ3v) is 6.28. The molecule has 0 atom stereocenters. The van der Waals surface area contributed by atoms with E-state index in [1.54, 1.807) is 0 Å². The van der Waals surface area contributed by atoms with Gasteiger partial charge in [-0.3, -0.25) is 0 Å². The molecule has 0 unspecified atom stereocenters. The molecule has 4 rings (SSSR count). The average molecular weight is 425 g/mol. The lowest BCUT2D eigenvalue weighted by molar-refractivity contribution is 0.436. The minimum Gasteiger partial charge on any atom is -0.372 e. The molecule has 0 radical (unpaired) electrons. The number of benzene rings is 1. The summed E-state index contributed by atoms with van der Waals surface area (Å²) in [6, 6.07) is 10.8. The van der Waals surface area contributed by atoms with Crippen LogP contribution < -0.4 is 20.4 Å². The van der Waals surface area contributed by atoms with Gasteiger partial charge < -0.3 is 20.4 Å². The van der Waals surface area contributed by atoms with E-state index in [-0.39, 0.29) is 0 Å². The van der Waals surface area contributed by atoms with Crippen LogP contribution in [0.3, 0.4) is 0 Å². The first-order chi connectivity index (χ1) is 14.6. The lowest BCUT2D eigenvalue weighted by Crippen LogP contribution is -2.34. The number of aromatic nitrogens is 2. The van der Waals surface area contributed by atoms with Crippen LogP contribution in [-0.2, 0) is 6.54 Å². The molecule has 0 amide bonds. The van der Waals surface area contributed by atoms with Gasteiger partial charge in [-0.05, 0) is 68.4 Å². The van der Waals surface area contributed by atoms with Crippen molar-refractivity contribution in [3.63, 3.8) is 0 Å². The maximum atomic E-state index is 5.48. The largest absolute Gasteiger partial charge is 0.372 e. The van der Waals surface area contributed by atoms with Gasteiger partial charge in [-0.25, -0.2) is 4.98 Å². The van der Waals surface area contributed by atoms with Gasteiger partial charge in [0.2, 0.25) is 5.95 Å². The Bertz CT molecular complexity index is 854. The van der Waals surface area contributed by atoms with Crippen molar-refractivity contribution < 1.29 is 0 Å². The van der Waals surface area contributed by atoms with Crippen molar-refractivity contribution in [2.24, 2.45) is 5.92 Å². The van der Waals surface area contributed by atoms with E-state index in [2.05, 4.69) is 62.7 Å². The van der Waals surface area contributed by atoms with Crippen LogP contribution in [0.15, 0.2) is 30.3 Å². The van der Waals surface area contributed by atoms with Crippen LogP contribution in [0.1, 0.15) is 43.9 Å². The lowest BCUT2D eigenvalue weighted by atomic mass is 9.99. The van der Waals surface area contributed by atoms with Crippen molar-refractivity contribution in [3.05, 3.63) is 41.6 Å². The molecule has 2 aliphatic rings. The molecule has 2 N–H and O–H groups in total. The Labute approximate surface area is 185 Å². The fourth-order valence-corrected chi connectivity index (χ4v) is 4.30. The van der Waals surface area contributed by atoms with Gasteiger partial charge in [0, 0.05) is 50.2 Å². The first kappa shape index (κ1) is 20.8. The van der Waals surface area contributed by atoms with Crippen molar-refractivity contribution >= 4 is 34.8 Å². The van der Waals surface area contributed by atoms with E-state index in [4.69, 9.17) is 17.2 Å². The van der Waals surface area contributed by atoms with Crippen molar-refractivity contribution in [2.75, 3.05) is 41.3 Å². The number of rotatable bonds is 5. The molecular formula is C23H32N6S. The van der Waals surface area contributed by atoms with E-state index >= 15 is 0 Å². The van der Waals surface area contributed by atoms with Crippen LogP contribution in [0.2, 0.25) is 0 Å². The molecule has 1 aromatic heterocycles. The standard InChI is InChI=1S/C23H32N6S/c1-17-9-13-29(14-10-17)21-15-18(2)25-22(26-21)27-23(30)24-16-19-5-7-20(8-6-19)28-11-3-4-12-28/h5-8,15,17H,3-4,9-14,16H2,1-2H3,(H2,24,25,26,27,30). The van der Waals surface area contributed by atoms with Crippen LogP contribution in [-0.4, -0.2) is 41.3 Å². The van der Waals surface area contributed by atoms with Crippen LogP contribution >= 0.6 is 12.2 Å². The topological polar surface area (TPSA) is 56.3 Å². The maximum absolute atomic E-state index is 5.48. The predicted octanol–water partition coefficient (Wildman–Crippen LogP) is 4.11. The number of hydrogen-bond donors (Lipinski definition) is 2. The smallest absolute Gasteiger partial charge is 0.231 e. The second-order valence-electron chi connectivity index (χ2n) is 8.53. The van der Waals surface area contributed by atoms with E-state index in [9.17, 15) is 0 Å². The van der Waals surface area contributed by atoms with Gasteiger partial charge in [0.15, 0.2) is 5.11 Å². The van der Waals surface area contributed by atoms with Crippen LogP contribution in [0.25, 0.3) is 0 Å². The highest BCUT2D eigenvalue weighted by Gasteiger charge is 2.18. The highest BCUT2D eigenvalue weighted by Crippen LogP contribution is 2.23. The molecule has 0 spiro atoms. The second-order valence-corrected chi connectivity index (χ2v) is 8.94. The summed E-state index contributed by atoms with van der Waals surface area (Å²) in [6.45, 7) is 9.43. The van der Waals surface area contributed by atoms with E-state index in [0.29, 0.717) is 17.6 Å². The van der Waals surface area contributed by atoms with Gasteiger partial charge >= 0.3 is 0 Å². The number of nitrogens with one attached hydrogen (secondary N) is 2. The van der Waals surface area contributed by atoms with Gasteiger partial charge in [-0.2, -0.15) is 4.98 Å². The monoisotopic (exact) mass is 424 g/mol. The van der Waals surface area contributed by atoms with Crippen LogP contribution in [0.5, 0.6) is 0 Å². The summed E-state index contributed by atoms with van der Waals surface area (Å²) in [4.78, 5) is 14.0. The van der Waals surface area contributed by atoms with Gasteiger partial charge in [-0.15, -0.1) is 0 Å². The molecule has 2 aromatic rings. The van der Waals surface area contributed by atoms with E-state index in [1.807, 2.05) is 6.92 Å². The summed E-state index contributed by atoms with van der Waals surface area (Å²) in [5.41, 5.74) is 3.46. The van der Waals surface area contributed by atoms with Gasteiger partial charge in [-0.1, -0.05) is 19.1 Å². The number of anilines is 3. The molecule has 1 aromatic carbocycles. The van der Waals surface area contributed by atoms with Gasteiger partial charge in [0.05, 0.1) is 0 Å². The number of piperidine rings is 1. The fourth-order valence-electron chi connectivity index (χ4n) is 4.14. The van der Waals surface area contributed by atoms with Gasteiger partial charge in [0.1, 0.15) is 5.82 Å². The molecule has 0 saturated carbocycles. The summed E-state index contributed by atoms with van der Waals surface area (Å²) in [7, 11) is 0. The zero-order valence-corrected chi connectivity index (χ0v) is 18.8. The van der Waals surface area contributed by atoms with Crippen LogP contribution in [0, 0.1) is 12.8 Å². The second kappa shape index (κ2) is 9.60. The Hall–Kier alpha value is -2.41. The van der Waals surface area contributed by atoms with Crippen LogP contribution in [0.4, 0.5) is 17.5 Å². The van der Waals surface area contributed by atoms with Crippen molar-refractivity contribution in [1.82, 2.24) is 15.3 Å². The third-order valence-electron chi connectivity index (χ3n) is 6.03. The highest BCUT2D eigenvalue weighted by atomic mass is 32.1. The first-order valence-electron chi connectivity index (χ1n) is 11.1. The highest BCUT2D eigenvalue weighted by molar-refractivity contribution is 7.80. The van der Waals surface area contributed by atoms with E-state index in [0.717, 1.165) is 30.5 Å². The third kappa shape index (κ3) is 5.39. The number of thiocarbonyl (C=S) groups is 1. The molecule has 7 heteroatoms. The summed E-state index contributed by atoms with van der Waals surface area (Å²) in [6.07, 6.45) is 5.01. The molecule has 2 fully saturated rings. The summed E-state index contributed by atoms with van der Waals surface area (Å²) < 4.78 is 0. The molecule has 3 heterocycles. The quantitative estimate of drug-likeness (QED) is 0.701. The Balaban J connectivity index is 1.31. The lowest BCUT2D eigenvalue weighted by Gasteiger charge is -2.31. The molecular weight excluding hydrogens is 392 g/mol. The molecule has 0 aliphatic carbocycles. The van der Waals surface area contributed by atoms with E-state index in [1.165, 1.54) is 50.0 Å². The first-order valence-corrected chi connectivity index (χ1v) is 11.5. The van der Waals surface area contributed by atoms with E-state index < -0.39 is 0 Å². The minimum atomic E-state index is 0.544. The summed E-state index contributed by atoms with van der Waals surface area (Å²) >= 11 is 5.48. The summed E-state index contributed by atoms with van der Waals surface area (Å²) in [5.74, 6) is 2.34. The average Bonchev–Trinajstić information content (AvgIpc) is 3.28. The van der Waals surface area contributed by atoms with Crippen molar-refractivity contribution in [2.45, 2.75) is 46.1 Å². The molecule has 2 aliphatic heterocycles. The zero-order valence-electron chi connectivity index (χ0n) is 18.0.